The lowest BCUT2D eigenvalue weighted by Gasteiger charge is -2.06. The monoisotopic (exact) mass is 316 g/mol. The van der Waals surface area contributed by atoms with Gasteiger partial charge in [0.1, 0.15) is 10.8 Å². The van der Waals surface area contributed by atoms with Crippen LogP contribution < -0.4 is 5.32 Å². The number of halogens is 3. The Morgan fingerprint density at radius 2 is 1.90 bits per heavy atom. The fourth-order valence-corrected chi connectivity index (χ4v) is 2.86. The highest BCUT2D eigenvalue weighted by Gasteiger charge is 2.37. The number of hydrogen-bond acceptors (Lipinski definition) is 4. The molecule has 0 spiro atoms. The molecule has 0 bridgehead atoms. The lowest BCUT2D eigenvalue weighted by Crippen LogP contribution is -2.17. The first-order valence-electron chi connectivity index (χ1n) is 6.49. The largest absolute Gasteiger partial charge is 0.508 e. The smallest absolute Gasteiger partial charge is 0.434 e. The molecule has 114 valence electrons. The number of phenols is 1. The number of aromatic hydroxyl groups is 1. The van der Waals surface area contributed by atoms with Crippen molar-refractivity contribution in [3.63, 3.8) is 0 Å². The van der Waals surface area contributed by atoms with Crippen LogP contribution in [0.5, 0.6) is 5.75 Å². The zero-order valence-electron chi connectivity index (χ0n) is 11.4. The zero-order valence-corrected chi connectivity index (χ0v) is 12.2. The molecule has 0 saturated heterocycles. The Labute approximate surface area is 124 Å². The fraction of sp³-hybridized carbons (Fsp3) is 0.357. The number of aromatic nitrogens is 1. The Morgan fingerprint density at radius 3 is 2.48 bits per heavy atom. The van der Waals surface area contributed by atoms with Crippen molar-refractivity contribution in [1.82, 2.24) is 10.3 Å². The molecule has 1 aromatic carbocycles. The summed E-state index contributed by atoms with van der Waals surface area (Å²) in [5.74, 6) is 0.0659. The molecule has 2 aromatic rings. The number of nitrogens with one attached hydrogen (secondary N) is 1. The molecule has 0 atom stereocenters. The Bertz CT molecular complexity index is 593. The van der Waals surface area contributed by atoms with Crippen molar-refractivity contribution in [1.29, 1.82) is 0 Å². The van der Waals surface area contributed by atoms with Crippen LogP contribution in [0.2, 0.25) is 0 Å². The van der Waals surface area contributed by atoms with Crippen LogP contribution in [0.25, 0.3) is 10.6 Å². The van der Waals surface area contributed by atoms with Gasteiger partial charge in [-0.15, -0.1) is 11.3 Å². The van der Waals surface area contributed by atoms with E-state index in [1.807, 2.05) is 6.92 Å². The summed E-state index contributed by atoms with van der Waals surface area (Å²) < 4.78 is 39.1. The highest BCUT2D eigenvalue weighted by Crippen LogP contribution is 2.37. The van der Waals surface area contributed by atoms with E-state index in [9.17, 15) is 18.3 Å². The van der Waals surface area contributed by atoms with Gasteiger partial charge in [0.25, 0.3) is 0 Å². The van der Waals surface area contributed by atoms with Gasteiger partial charge >= 0.3 is 6.18 Å². The van der Waals surface area contributed by atoms with E-state index in [1.165, 1.54) is 12.1 Å². The van der Waals surface area contributed by atoms with Gasteiger partial charge in [-0.3, -0.25) is 0 Å². The normalized spacial score (nSPS) is 11.8. The molecule has 0 aliphatic heterocycles. The van der Waals surface area contributed by atoms with Gasteiger partial charge in [-0.05, 0) is 37.2 Å². The second-order valence-corrected chi connectivity index (χ2v) is 5.60. The maximum absolute atomic E-state index is 13.0. The van der Waals surface area contributed by atoms with E-state index in [0.717, 1.165) is 17.8 Å². The Balaban J connectivity index is 2.33. The number of nitrogens with zero attached hydrogens (tertiary/aromatic N) is 1. The van der Waals surface area contributed by atoms with Gasteiger partial charge in [-0.25, -0.2) is 4.98 Å². The molecule has 2 N–H and O–H groups in total. The molecule has 0 aliphatic rings. The van der Waals surface area contributed by atoms with E-state index in [4.69, 9.17) is 0 Å². The summed E-state index contributed by atoms with van der Waals surface area (Å²) in [6, 6.07) is 5.97. The fourth-order valence-electron chi connectivity index (χ4n) is 1.80. The Morgan fingerprint density at radius 1 is 1.24 bits per heavy atom. The minimum absolute atomic E-state index is 0.0659. The number of phenolic OH excluding ortho intramolecular Hbond substituents is 1. The minimum atomic E-state index is -4.46. The molecule has 21 heavy (non-hydrogen) atoms. The van der Waals surface area contributed by atoms with Crippen LogP contribution in [0.4, 0.5) is 13.2 Å². The number of benzene rings is 1. The predicted molar refractivity (Wildman–Crippen MR) is 76.2 cm³/mol. The molecule has 0 radical (unpaired) electrons. The van der Waals surface area contributed by atoms with Gasteiger partial charge in [0.15, 0.2) is 5.69 Å². The Hall–Kier alpha value is -1.60. The second kappa shape index (κ2) is 6.44. The van der Waals surface area contributed by atoms with Crippen molar-refractivity contribution >= 4 is 11.3 Å². The van der Waals surface area contributed by atoms with Crippen molar-refractivity contribution in [2.75, 3.05) is 6.54 Å². The molecule has 0 unspecified atom stereocenters. The standard InChI is InChI=1S/C14H15F3N2OS/c1-2-7-18-8-11-12(14(15,16)17)19-13(21-11)9-3-5-10(20)6-4-9/h3-6,18,20H,2,7-8H2,1H3. The maximum atomic E-state index is 13.0. The van der Waals surface area contributed by atoms with Crippen LogP contribution in [0.15, 0.2) is 24.3 Å². The number of alkyl halides is 3. The molecule has 3 nitrogen and oxygen atoms in total. The third-order valence-corrected chi connectivity index (χ3v) is 3.90. The quantitative estimate of drug-likeness (QED) is 0.819. The van der Waals surface area contributed by atoms with E-state index in [2.05, 4.69) is 10.3 Å². The van der Waals surface area contributed by atoms with Crippen molar-refractivity contribution < 1.29 is 18.3 Å². The van der Waals surface area contributed by atoms with Crippen LogP contribution in [0.1, 0.15) is 23.9 Å². The average molecular weight is 316 g/mol. The molecule has 1 heterocycles. The highest BCUT2D eigenvalue weighted by atomic mass is 32.1. The first-order valence-corrected chi connectivity index (χ1v) is 7.30. The van der Waals surface area contributed by atoms with E-state index in [-0.39, 0.29) is 17.2 Å². The minimum Gasteiger partial charge on any atom is -0.508 e. The molecule has 0 saturated carbocycles. The number of thiazole rings is 1. The number of rotatable bonds is 5. The lowest BCUT2D eigenvalue weighted by molar-refractivity contribution is -0.141. The first-order chi connectivity index (χ1) is 9.91. The van der Waals surface area contributed by atoms with Crippen LogP contribution in [-0.2, 0) is 12.7 Å². The summed E-state index contributed by atoms with van der Waals surface area (Å²) in [5.41, 5.74) is -0.274. The molecular formula is C14H15F3N2OS. The van der Waals surface area contributed by atoms with Crippen molar-refractivity contribution in [2.24, 2.45) is 0 Å². The summed E-state index contributed by atoms with van der Waals surface area (Å²) in [6.07, 6.45) is -3.61. The molecule has 7 heteroatoms. The third kappa shape index (κ3) is 3.95. The summed E-state index contributed by atoms with van der Waals surface area (Å²) in [7, 11) is 0. The van der Waals surface area contributed by atoms with E-state index in [1.54, 1.807) is 12.1 Å². The van der Waals surface area contributed by atoms with E-state index < -0.39 is 11.9 Å². The van der Waals surface area contributed by atoms with Gasteiger partial charge in [0, 0.05) is 12.1 Å². The lowest BCUT2D eigenvalue weighted by atomic mass is 10.2. The van der Waals surface area contributed by atoms with Crippen molar-refractivity contribution in [3.8, 4) is 16.3 Å². The summed E-state index contributed by atoms with van der Waals surface area (Å²) in [5, 5.41) is 12.5. The van der Waals surface area contributed by atoms with Crippen molar-refractivity contribution in [2.45, 2.75) is 26.1 Å². The van der Waals surface area contributed by atoms with Gasteiger partial charge < -0.3 is 10.4 Å². The molecule has 1 aromatic heterocycles. The molecule has 0 amide bonds. The zero-order chi connectivity index (χ0) is 15.5. The average Bonchev–Trinajstić information content (AvgIpc) is 2.84. The van der Waals surface area contributed by atoms with Crippen LogP contribution >= 0.6 is 11.3 Å². The third-order valence-electron chi connectivity index (χ3n) is 2.79. The molecule has 0 fully saturated rings. The summed E-state index contributed by atoms with van der Waals surface area (Å²) in [4.78, 5) is 3.91. The van der Waals surface area contributed by atoms with E-state index >= 15 is 0 Å². The number of hydrogen-bond donors (Lipinski definition) is 2. The van der Waals surface area contributed by atoms with Gasteiger partial charge in [-0.2, -0.15) is 13.2 Å². The van der Waals surface area contributed by atoms with Crippen LogP contribution in [0.3, 0.4) is 0 Å². The van der Waals surface area contributed by atoms with E-state index in [0.29, 0.717) is 17.1 Å². The predicted octanol–water partition coefficient (Wildman–Crippen LogP) is 4.03. The molecule has 0 aliphatic carbocycles. The summed E-state index contributed by atoms with van der Waals surface area (Å²) >= 11 is 1.02. The van der Waals surface area contributed by atoms with Gasteiger partial charge in [0.05, 0.1) is 4.88 Å². The Kier molecular flexibility index (Phi) is 4.84. The highest BCUT2D eigenvalue weighted by molar-refractivity contribution is 7.15. The first kappa shape index (κ1) is 15.8. The van der Waals surface area contributed by atoms with Gasteiger partial charge in [0.2, 0.25) is 0 Å². The molecular weight excluding hydrogens is 301 g/mol. The van der Waals surface area contributed by atoms with Gasteiger partial charge in [-0.1, -0.05) is 6.92 Å². The maximum Gasteiger partial charge on any atom is 0.434 e. The topological polar surface area (TPSA) is 45.1 Å². The van der Waals surface area contributed by atoms with Crippen LogP contribution in [0, 0.1) is 0 Å². The van der Waals surface area contributed by atoms with Crippen molar-refractivity contribution in [3.05, 3.63) is 34.8 Å². The second-order valence-electron chi connectivity index (χ2n) is 4.51. The SMILES string of the molecule is CCCNCc1sc(-c2ccc(O)cc2)nc1C(F)(F)F. The summed E-state index contributed by atoms with van der Waals surface area (Å²) in [6.45, 7) is 2.76. The molecule has 2 rings (SSSR count). The van der Waals surface area contributed by atoms with Crippen LogP contribution in [-0.4, -0.2) is 16.6 Å².